The van der Waals surface area contributed by atoms with Gasteiger partial charge in [-0.15, -0.1) is 0 Å². The maximum Gasteiger partial charge on any atom is 0.225 e. The van der Waals surface area contributed by atoms with Crippen LogP contribution in [0.2, 0.25) is 0 Å². The molecular weight excluding hydrogens is 273 g/mol. The zero-order valence-electron chi connectivity index (χ0n) is 12.0. The summed E-state index contributed by atoms with van der Waals surface area (Å²) in [4.78, 5) is 12.1. The number of rotatable bonds is 5. The van der Waals surface area contributed by atoms with Crippen LogP contribution in [0.3, 0.4) is 0 Å². The molecule has 0 aromatic heterocycles. The monoisotopic (exact) mass is 293 g/mol. The van der Waals surface area contributed by atoms with Crippen LogP contribution in [0.5, 0.6) is 5.75 Å². The molecular formula is C16H20FNO3. The first-order valence-corrected chi connectivity index (χ1v) is 7.47. The van der Waals surface area contributed by atoms with E-state index in [1.54, 1.807) is 12.1 Å². The van der Waals surface area contributed by atoms with Crippen molar-refractivity contribution >= 4 is 5.91 Å². The Morgan fingerprint density at radius 2 is 2.38 bits per heavy atom. The third-order valence-corrected chi connectivity index (χ3v) is 4.14. The van der Waals surface area contributed by atoms with E-state index in [1.165, 1.54) is 12.1 Å². The van der Waals surface area contributed by atoms with Crippen LogP contribution in [0.1, 0.15) is 26.2 Å². The summed E-state index contributed by atoms with van der Waals surface area (Å²) >= 11 is 0. The zero-order chi connectivity index (χ0) is 14.8. The number of hydrogen-bond donors (Lipinski definition) is 1. The standard InChI is InChI=1S/C16H20FNO3/c1-10(20-12-4-2-3-11(17)7-12)9-18-16(19)14-8-13-5-6-15(14)21-13/h2-4,7,10,13-15H,5-6,8-9H2,1H3,(H,18,19)/t10-,13-,14-,15-/m1/s1. The van der Waals surface area contributed by atoms with Gasteiger partial charge in [-0.25, -0.2) is 4.39 Å². The van der Waals surface area contributed by atoms with Crippen molar-refractivity contribution in [1.29, 1.82) is 0 Å². The summed E-state index contributed by atoms with van der Waals surface area (Å²) in [5, 5.41) is 2.91. The minimum atomic E-state index is -0.331. The Morgan fingerprint density at radius 1 is 1.52 bits per heavy atom. The van der Waals surface area contributed by atoms with Crippen LogP contribution in [0.15, 0.2) is 24.3 Å². The number of halogens is 1. The Morgan fingerprint density at radius 3 is 3.05 bits per heavy atom. The van der Waals surface area contributed by atoms with Gasteiger partial charge in [0.25, 0.3) is 0 Å². The van der Waals surface area contributed by atoms with Crippen LogP contribution in [-0.2, 0) is 9.53 Å². The van der Waals surface area contributed by atoms with Gasteiger partial charge in [0.15, 0.2) is 0 Å². The minimum Gasteiger partial charge on any atom is -0.489 e. The molecule has 2 saturated heterocycles. The molecule has 2 bridgehead atoms. The van der Waals surface area contributed by atoms with Crippen molar-refractivity contribution in [3.8, 4) is 5.75 Å². The molecule has 2 aliphatic rings. The Hall–Kier alpha value is -1.62. The van der Waals surface area contributed by atoms with E-state index >= 15 is 0 Å². The molecule has 0 aliphatic carbocycles. The molecule has 114 valence electrons. The molecule has 1 aromatic rings. The first kappa shape index (κ1) is 14.3. The van der Waals surface area contributed by atoms with E-state index in [1.807, 2.05) is 6.92 Å². The number of ether oxygens (including phenoxy) is 2. The summed E-state index contributed by atoms with van der Waals surface area (Å²) in [6.07, 6.45) is 3.04. The molecule has 0 saturated carbocycles. The largest absolute Gasteiger partial charge is 0.489 e. The van der Waals surface area contributed by atoms with Crippen molar-refractivity contribution in [2.45, 2.75) is 44.5 Å². The fourth-order valence-electron chi connectivity index (χ4n) is 3.10. The molecule has 21 heavy (non-hydrogen) atoms. The van der Waals surface area contributed by atoms with Crippen molar-refractivity contribution in [3.05, 3.63) is 30.1 Å². The highest BCUT2D eigenvalue weighted by atomic mass is 19.1. The number of benzene rings is 1. The fraction of sp³-hybridized carbons (Fsp3) is 0.562. The van der Waals surface area contributed by atoms with Gasteiger partial charge in [0.05, 0.1) is 24.7 Å². The summed E-state index contributed by atoms with van der Waals surface area (Å²) in [6, 6.07) is 6.00. The van der Waals surface area contributed by atoms with Gasteiger partial charge in [0.2, 0.25) is 5.91 Å². The second-order valence-corrected chi connectivity index (χ2v) is 5.85. The highest BCUT2D eigenvalue weighted by Gasteiger charge is 2.44. The van der Waals surface area contributed by atoms with Crippen LogP contribution >= 0.6 is 0 Å². The molecule has 2 heterocycles. The highest BCUT2D eigenvalue weighted by Crippen LogP contribution is 2.38. The summed E-state index contributed by atoms with van der Waals surface area (Å²) in [5.74, 6) is 0.157. The Balaban J connectivity index is 1.45. The summed E-state index contributed by atoms with van der Waals surface area (Å²) in [6.45, 7) is 2.26. The second-order valence-electron chi connectivity index (χ2n) is 5.85. The minimum absolute atomic E-state index is 0.0230. The van der Waals surface area contributed by atoms with Crippen LogP contribution < -0.4 is 10.1 Å². The van der Waals surface area contributed by atoms with Crippen molar-refractivity contribution in [1.82, 2.24) is 5.32 Å². The Labute approximate surface area is 123 Å². The molecule has 0 unspecified atom stereocenters. The van der Waals surface area contributed by atoms with Crippen molar-refractivity contribution in [3.63, 3.8) is 0 Å². The number of carbonyl (C=O) groups excluding carboxylic acids is 1. The lowest BCUT2D eigenvalue weighted by Crippen LogP contribution is -2.40. The average molecular weight is 293 g/mol. The highest BCUT2D eigenvalue weighted by molar-refractivity contribution is 5.79. The van der Waals surface area contributed by atoms with Crippen molar-refractivity contribution in [2.24, 2.45) is 5.92 Å². The number of amides is 1. The summed E-state index contributed by atoms with van der Waals surface area (Å²) in [5.41, 5.74) is 0. The van der Waals surface area contributed by atoms with E-state index in [2.05, 4.69) is 5.32 Å². The Kier molecular flexibility index (Phi) is 4.10. The normalized spacial score (nSPS) is 28.4. The van der Waals surface area contributed by atoms with Gasteiger partial charge in [-0.05, 0) is 38.3 Å². The van der Waals surface area contributed by atoms with E-state index < -0.39 is 0 Å². The van der Waals surface area contributed by atoms with E-state index in [4.69, 9.17) is 9.47 Å². The van der Waals surface area contributed by atoms with Crippen LogP contribution in [0.4, 0.5) is 4.39 Å². The molecule has 1 N–H and O–H groups in total. The van der Waals surface area contributed by atoms with Gasteiger partial charge in [-0.3, -0.25) is 4.79 Å². The predicted molar refractivity (Wildman–Crippen MR) is 75.5 cm³/mol. The summed E-state index contributed by atoms with van der Waals surface area (Å²) in [7, 11) is 0. The number of hydrogen-bond acceptors (Lipinski definition) is 3. The lowest BCUT2D eigenvalue weighted by atomic mass is 9.88. The molecule has 1 amide bonds. The van der Waals surface area contributed by atoms with Crippen LogP contribution in [0, 0.1) is 11.7 Å². The van der Waals surface area contributed by atoms with Gasteiger partial charge in [0, 0.05) is 6.07 Å². The third kappa shape index (κ3) is 3.35. The van der Waals surface area contributed by atoms with E-state index in [-0.39, 0.29) is 36.0 Å². The maximum atomic E-state index is 13.1. The third-order valence-electron chi connectivity index (χ3n) is 4.14. The van der Waals surface area contributed by atoms with Gasteiger partial charge in [-0.1, -0.05) is 6.07 Å². The molecule has 4 atom stereocenters. The van der Waals surface area contributed by atoms with Gasteiger partial charge >= 0.3 is 0 Å². The topological polar surface area (TPSA) is 47.6 Å². The lowest BCUT2D eigenvalue weighted by molar-refractivity contribution is -0.126. The number of carbonyl (C=O) groups is 1. The maximum absolute atomic E-state index is 13.1. The van der Waals surface area contributed by atoms with E-state index in [0.717, 1.165) is 19.3 Å². The molecule has 3 rings (SSSR count). The number of nitrogens with one attached hydrogen (secondary N) is 1. The Bertz CT molecular complexity index is 522. The smallest absolute Gasteiger partial charge is 0.225 e. The zero-order valence-corrected chi connectivity index (χ0v) is 12.0. The quantitative estimate of drug-likeness (QED) is 0.906. The molecule has 0 radical (unpaired) electrons. The first-order chi connectivity index (χ1) is 10.1. The van der Waals surface area contributed by atoms with E-state index in [0.29, 0.717) is 12.3 Å². The first-order valence-electron chi connectivity index (χ1n) is 7.47. The van der Waals surface area contributed by atoms with Gasteiger partial charge in [0.1, 0.15) is 17.7 Å². The molecule has 4 nitrogen and oxygen atoms in total. The van der Waals surface area contributed by atoms with Crippen molar-refractivity contribution in [2.75, 3.05) is 6.54 Å². The van der Waals surface area contributed by atoms with Gasteiger partial charge in [-0.2, -0.15) is 0 Å². The SMILES string of the molecule is C[C@H](CNC(=O)[C@@H]1C[C@H]2CC[C@H]1O2)Oc1cccc(F)c1. The lowest BCUT2D eigenvalue weighted by Gasteiger charge is -2.20. The molecule has 2 fully saturated rings. The van der Waals surface area contributed by atoms with E-state index in [9.17, 15) is 9.18 Å². The summed E-state index contributed by atoms with van der Waals surface area (Å²) < 4.78 is 24.3. The predicted octanol–water partition coefficient (Wildman–Crippen LogP) is 2.28. The van der Waals surface area contributed by atoms with Gasteiger partial charge < -0.3 is 14.8 Å². The fourth-order valence-corrected chi connectivity index (χ4v) is 3.10. The van der Waals surface area contributed by atoms with Crippen LogP contribution in [-0.4, -0.2) is 30.8 Å². The molecule has 2 aliphatic heterocycles. The van der Waals surface area contributed by atoms with Crippen molar-refractivity contribution < 1.29 is 18.7 Å². The molecule has 0 spiro atoms. The molecule has 5 heteroatoms. The second kappa shape index (κ2) is 6.02. The van der Waals surface area contributed by atoms with Crippen LogP contribution in [0.25, 0.3) is 0 Å². The molecule has 1 aromatic carbocycles. The average Bonchev–Trinajstić information content (AvgIpc) is 3.07. The number of fused-ring (bicyclic) bond motifs is 2.